The number of aldehydes is 1. The fourth-order valence-corrected chi connectivity index (χ4v) is 1.82. The lowest BCUT2D eigenvalue weighted by atomic mass is 9.96. The molecule has 4 N–H and O–H groups in total. The minimum absolute atomic E-state index is 0.0158. The van der Waals surface area contributed by atoms with Gasteiger partial charge in [-0.25, -0.2) is 0 Å². The van der Waals surface area contributed by atoms with Crippen LogP contribution in [0.3, 0.4) is 0 Å². The van der Waals surface area contributed by atoms with E-state index in [-0.39, 0.29) is 29.0 Å². The summed E-state index contributed by atoms with van der Waals surface area (Å²) in [6.45, 7) is 0.499. The van der Waals surface area contributed by atoms with Gasteiger partial charge in [-0.3, -0.25) is 4.79 Å². The molecule has 2 atom stereocenters. The van der Waals surface area contributed by atoms with E-state index in [2.05, 4.69) is 5.32 Å². The van der Waals surface area contributed by atoms with Gasteiger partial charge in [0.25, 0.3) is 0 Å². The molecule has 2 unspecified atom stereocenters. The molecule has 1 rings (SSSR count). The highest BCUT2D eigenvalue weighted by molar-refractivity contribution is 5.80. The van der Waals surface area contributed by atoms with Gasteiger partial charge >= 0.3 is 0 Å². The molecule has 0 spiro atoms. The van der Waals surface area contributed by atoms with E-state index in [1.54, 1.807) is 7.05 Å². The monoisotopic (exact) mass is 269 g/mol. The smallest absolute Gasteiger partial charge is 0.164 e. The summed E-state index contributed by atoms with van der Waals surface area (Å²) in [4.78, 5) is 11.0. The zero-order chi connectivity index (χ0) is 14.4. The highest BCUT2D eigenvalue weighted by Gasteiger charge is 2.25. The number of hydrogen-bond donors (Lipinski definition) is 4. The first-order chi connectivity index (χ1) is 9.06. The minimum Gasteiger partial charge on any atom is -0.504 e. The lowest BCUT2D eigenvalue weighted by Crippen LogP contribution is -2.24. The summed E-state index contributed by atoms with van der Waals surface area (Å²) in [6.07, 6.45) is -1.65. The van der Waals surface area contributed by atoms with E-state index in [0.717, 1.165) is 0 Å². The van der Waals surface area contributed by atoms with Crippen LogP contribution in [0.15, 0.2) is 12.1 Å². The molecule has 6 nitrogen and oxygen atoms in total. The Morgan fingerprint density at radius 2 is 2.11 bits per heavy atom. The fourth-order valence-electron chi connectivity index (χ4n) is 1.82. The topological polar surface area (TPSA) is 99.0 Å². The molecule has 0 bridgehead atoms. The van der Waals surface area contributed by atoms with Crippen LogP contribution in [0.1, 0.15) is 28.4 Å². The Labute approximate surface area is 111 Å². The normalized spacial score (nSPS) is 13.9. The third kappa shape index (κ3) is 3.44. The SMILES string of the molecule is CNCCC(O)C(O)c1c(C=O)ccc(OC)c1O. The molecule has 0 aliphatic rings. The van der Waals surface area contributed by atoms with E-state index < -0.39 is 12.2 Å². The Balaban J connectivity index is 3.12. The van der Waals surface area contributed by atoms with Crippen molar-refractivity contribution in [2.24, 2.45) is 0 Å². The van der Waals surface area contributed by atoms with Crippen molar-refractivity contribution >= 4 is 6.29 Å². The number of nitrogens with one attached hydrogen (secondary N) is 1. The summed E-state index contributed by atoms with van der Waals surface area (Å²) in [5.41, 5.74) is 0.104. The minimum atomic E-state index is -1.36. The van der Waals surface area contributed by atoms with Crippen LogP contribution in [0, 0.1) is 0 Å². The Hall–Kier alpha value is -1.63. The van der Waals surface area contributed by atoms with Crippen LogP contribution >= 0.6 is 0 Å². The van der Waals surface area contributed by atoms with E-state index in [4.69, 9.17) is 4.74 Å². The lowest BCUT2D eigenvalue weighted by molar-refractivity contribution is 0.0122. The Bertz CT molecular complexity index is 435. The van der Waals surface area contributed by atoms with Gasteiger partial charge in [-0.1, -0.05) is 0 Å². The number of methoxy groups -OCH3 is 1. The van der Waals surface area contributed by atoms with E-state index >= 15 is 0 Å². The number of rotatable bonds is 7. The number of aliphatic hydroxyl groups is 2. The quantitative estimate of drug-likeness (QED) is 0.528. The van der Waals surface area contributed by atoms with Gasteiger partial charge in [0.05, 0.1) is 13.2 Å². The first-order valence-electron chi connectivity index (χ1n) is 5.92. The van der Waals surface area contributed by atoms with Crippen molar-refractivity contribution in [3.63, 3.8) is 0 Å². The Morgan fingerprint density at radius 1 is 1.42 bits per heavy atom. The number of carbonyl (C=O) groups is 1. The van der Waals surface area contributed by atoms with Gasteiger partial charge in [-0.2, -0.15) is 0 Å². The van der Waals surface area contributed by atoms with Crippen LogP contribution in [-0.2, 0) is 0 Å². The van der Waals surface area contributed by atoms with Gasteiger partial charge in [0.1, 0.15) is 6.10 Å². The molecule has 0 fully saturated rings. The molecule has 0 amide bonds. The summed E-state index contributed by atoms with van der Waals surface area (Å²) < 4.78 is 4.93. The zero-order valence-corrected chi connectivity index (χ0v) is 11.0. The van der Waals surface area contributed by atoms with Crippen LogP contribution in [0.5, 0.6) is 11.5 Å². The number of phenols is 1. The molecular formula is C13H19NO5. The van der Waals surface area contributed by atoms with Crippen LogP contribution in [0.2, 0.25) is 0 Å². The van der Waals surface area contributed by atoms with E-state index in [1.165, 1.54) is 19.2 Å². The largest absolute Gasteiger partial charge is 0.504 e. The molecule has 0 saturated carbocycles. The van der Waals surface area contributed by atoms with Gasteiger partial charge in [0.15, 0.2) is 17.8 Å². The highest BCUT2D eigenvalue weighted by atomic mass is 16.5. The van der Waals surface area contributed by atoms with Crippen molar-refractivity contribution in [1.29, 1.82) is 0 Å². The average molecular weight is 269 g/mol. The van der Waals surface area contributed by atoms with Crippen LogP contribution < -0.4 is 10.1 Å². The lowest BCUT2D eigenvalue weighted by Gasteiger charge is -2.21. The van der Waals surface area contributed by atoms with Crippen molar-refractivity contribution in [2.75, 3.05) is 20.7 Å². The molecule has 19 heavy (non-hydrogen) atoms. The average Bonchev–Trinajstić information content (AvgIpc) is 2.43. The van der Waals surface area contributed by atoms with Crippen molar-refractivity contribution in [3.8, 4) is 11.5 Å². The van der Waals surface area contributed by atoms with E-state index in [0.29, 0.717) is 12.8 Å². The maximum absolute atomic E-state index is 11.0. The summed E-state index contributed by atoms with van der Waals surface area (Å²) in [5, 5.41) is 32.7. The molecule has 6 heteroatoms. The molecule has 0 heterocycles. The van der Waals surface area contributed by atoms with Gasteiger partial charge in [0.2, 0.25) is 0 Å². The van der Waals surface area contributed by atoms with Gasteiger partial charge in [-0.05, 0) is 32.1 Å². The van der Waals surface area contributed by atoms with Gasteiger partial charge in [-0.15, -0.1) is 0 Å². The third-order valence-electron chi connectivity index (χ3n) is 2.91. The number of carbonyl (C=O) groups excluding carboxylic acids is 1. The molecule has 0 radical (unpaired) electrons. The number of aromatic hydroxyl groups is 1. The molecule has 0 saturated heterocycles. The summed E-state index contributed by atoms with van der Waals surface area (Å²) in [6, 6.07) is 2.85. The molecule has 1 aromatic carbocycles. The van der Waals surface area contributed by atoms with Crippen molar-refractivity contribution in [2.45, 2.75) is 18.6 Å². The first-order valence-corrected chi connectivity index (χ1v) is 5.92. The number of phenolic OH excluding ortho intramolecular Hbond substituents is 1. The van der Waals surface area contributed by atoms with Gasteiger partial charge < -0.3 is 25.4 Å². The maximum atomic E-state index is 11.0. The molecule has 1 aromatic rings. The number of aliphatic hydroxyl groups excluding tert-OH is 2. The number of hydrogen-bond acceptors (Lipinski definition) is 6. The highest BCUT2D eigenvalue weighted by Crippen LogP contribution is 2.37. The van der Waals surface area contributed by atoms with E-state index in [9.17, 15) is 20.1 Å². The van der Waals surface area contributed by atoms with Crippen LogP contribution in [0.25, 0.3) is 0 Å². The Kier molecular flexibility index (Phi) is 5.75. The fraction of sp³-hybridized carbons (Fsp3) is 0.462. The Morgan fingerprint density at radius 3 is 2.63 bits per heavy atom. The second-order valence-corrected chi connectivity index (χ2v) is 4.14. The summed E-state index contributed by atoms with van der Waals surface area (Å²) in [7, 11) is 3.09. The summed E-state index contributed by atoms with van der Waals surface area (Å²) >= 11 is 0. The zero-order valence-electron chi connectivity index (χ0n) is 11.0. The van der Waals surface area contributed by atoms with Crippen molar-refractivity contribution in [1.82, 2.24) is 5.32 Å². The standard InChI is InChI=1S/C13H19NO5/c1-14-6-5-9(16)12(17)11-8(7-15)3-4-10(19-2)13(11)18/h3-4,7,9,12,14,16-18H,5-6H2,1-2H3. The molecular weight excluding hydrogens is 250 g/mol. The predicted octanol–water partition coefficient (Wildman–Crippen LogP) is 0.217. The molecule has 0 aliphatic heterocycles. The van der Waals surface area contributed by atoms with Gasteiger partial charge in [0, 0.05) is 11.1 Å². The molecule has 0 aliphatic carbocycles. The number of ether oxygens (including phenoxy) is 1. The van der Waals surface area contributed by atoms with Crippen LogP contribution in [-0.4, -0.2) is 48.4 Å². The summed E-state index contributed by atoms with van der Waals surface area (Å²) in [5.74, 6) is -0.191. The molecule has 106 valence electrons. The van der Waals surface area contributed by atoms with Crippen molar-refractivity contribution < 1.29 is 24.9 Å². The maximum Gasteiger partial charge on any atom is 0.164 e. The second-order valence-electron chi connectivity index (χ2n) is 4.14. The van der Waals surface area contributed by atoms with Crippen LogP contribution in [0.4, 0.5) is 0 Å². The predicted molar refractivity (Wildman–Crippen MR) is 69.6 cm³/mol. The second kappa shape index (κ2) is 7.08. The molecule has 0 aromatic heterocycles. The third-order valence-corrected chi connectivity index (χ3v) is 2.91. The number of benzene rings is 1. The van der Waals surface area contributed by atoms with Crippen molar-refractivity contribution in [3.05, 3.63) is 23.3 Å². The first kappa shape index (κ1) is 15.4. The van der Waals surface area contributed by atoms with E-state index in [1.807, 2.05) is 0 Å².